The molecular weight excluding hydrogens is 445 g/mol. The van der Waals surface area contributed by atoms with Crippen LogP contribution in [0.25, 0.3) is 0 Å². The van der Waals surface area contributed by atoms with Crippen molar-refractivity contribution >= 4 is 37.3 Å². The smallest absolute Gasteiger partial charge is 0.271 e. The number of carbonyl (C=O) groups excluding carboxylic acids is 1. The molecule has 1 amide bonds. The Morgan fingerprint density at radius 2 is 1.42 bits per heavy atom. The van der Waals surface area contributed by atoms with Gasteiger partial charge in [0.1, 0.15) is 4.90 Å². The molecule has 3 aromatic carbocycles. The van der Waals surface area contributed by atoms with E-state index in [1.165, 1.54) is 48.5 Å². The summed E-state index contributed by atoms with van der Waals surface area (Å²) in [5.41, 5.74) is -0.383. The third-order valence-corrected chi connectivity index (χ3v) is 7.13. The first-order chi connectivity index (χ1) is 14.6. The molecule has 0 aliphatic heterocycles. The van der Waals surface area contributed by atoms with Crippen LogP contribution in [0, 0.1) is 0 Å². The van der Waals surface area contributed by atoms with E-state index in [2.05, 4.69) is 10.0 Å². The first kappa shape index (κ1) is 22.4. The second-order valence-corrected chi connectivity index (χ2v) is 9.89. The lowest BCUT2D eigenvalue weighted by atomic mass is 10.2. The van der Waals surface area contributed by atoms with E-state index >= 15 is 0 Å². The molecule has 0 spiro atoms. The van der Waals surface area contributed by atoms with Crippen LogP contribution in [0.5, 0.6) is 0 Å². The minimum absolute atomic E-state index is 0.142. The monoisotopic (exact) mass is 463 g/mol. The van der Waals surface area contributed by atoms with Crippen molar-refractivity contribution in [2.75, 3.05) is 17.1 Å². The molecule has 0 radical (unpaired) electrons. The molecule has 0 saturated heterocycles. The molecule has 162 valence electrons. The Hall–Kier alpha value is -3.28. The van der Waals surface area contributed by atoms with Crippen LogP contribution in [0.4, 0.5) is 15.9 Å². The Morgan fingerprint density at radius 1 is 0.839 bits per heavy atom. The topological polar surface area (TPSA) is 113 Å². The van der Waals surface area contributed by atoms with E-state index in [9.17, 15) is 26.1 Å². The number of hydrogen-bond acceptors (Lipinski definition) is 5. The molecule has 11 heteroatoms. The zero-order valence-corrected chi connectivity index (χ0v) is 17.8. The molecule has 3 aromatic rings. The van der Waals surface area contributed by atoms with Crippen LogP contribution in [0.3, 0.4) is 0 Å². The second-order valence-electron chi connectivity index (χ2n) is 6.31. The van der Waals surface area contributed by atoms with E-state index in [0.29, 0.717) is 7.05 Å². The van der Waals surface area contributed by atoms with Crippen LogP contribution in [0.1, 0.15) is 10.4 Å². The van der Waals surface area contributed by atoms with Gasteiger partial charge >= 0.3 is 0 Å². The van der Waals surface area contributed by atoms with E-state index in [4.69, 9.17) is 0 Å². The minimum Gasteiger partial charge on any atom is -0.320 e. The maximum Gasteiger partial charge on any atom is 0.271 e. The van der Waals surface area contributed by atoms with Crippen molar-refractivity contribution in [2.45, 2.75) is 9.79 Å². The third-order valence-electron chi connectivity index (χ3n) is 4.21. The van der Waals surface area contributed by atoms with E-state index < -0.39 is 41.1 Å². The molecule has 0 aliphatic carbocycles. The SMILES string of the molecule is CN(F)S(=O)(=O)c1cccc(NC(=O)c2ccccc2)c1NS(=O)(=O)c1ccccc1. The standard InChI is InChI=1S/C20H18FN3O5S2/c1-24(21)31(28,29)18-14-8-13-17(22-20(25)15-9-4-2-5-10-15)19(18)23-30(26,27)16-11-6-3-7-12-16/h2-14,23H,1H3,(H,22,25). The highest BCUT2D eigenvalue weighted by Crippen LogP contribution is 2.34. The summed E-state index contributed by atoms with van der Waals surface area (Å²) in [7, 11) is -8.28. The first-order valence-electron chi connectivity index (χ1n) is 8.85. The van der Waals surface area contributed by atoms with Gasteiger partial charge in [0, 0.05) is 12.6 Å². The zero-order valence-electron chi connectivity index (χ0n) is 16.2. The number of amides is 1. The Morgan fingerprint density at radius 3 is 2.00 bits per heavy atom. The number of halogens is 1. The second kappa shape index (κ2) is 8.84. The molecule has 3 rings (SSSR count). The van der Waals surface area contributed by atoms with Crippen molar-refractivity contribution in [3.63, 3.8) is 0 Å². The first-order valence-corrected chi connectivity index (χ1v) is 11.8. The molecule has 0 unspecified atom stereocenters. The maximum absolute atomic E-state index is 13.7. The Kier molecular flexibility index (Phi) is 6.39. The number of benzene rings is 3. The van der Waals surface area contributed by atoms with Crippen molar-refractivity contribution in [3.8, 4) is 0 Å². The number of rotatable bonds is 7. The molecular formula is C20H18FN3O5S2. The van der Waals surface area contributed by atoms with E-state index in [0.717, 1.165) is 6.07 Å². The molecule has 2 N–H and O–H groups in total. The lowest BCUT2D eigenvalue weighted by Crippen LogP contribution is -2.23. The van der Waals surface area contributed by atoms with Gasteiger partial charge in [0.2, 0.25) is 0 Å². The summed E-state index contributed by atoms with van der Waals surface area (Å²) in [6.45, 7) is 0. The largest absolute Gasteiger partial charge is 0.320 e. The Bertz CT molecular complexity index is 1300. The molecule has 0 saturated carbocycles. The number of anilines is 2. The Balaban J connectivity index is 2.12. The summed E-state index contributed by atoms with van der Waals surface area (Å²) in [4.78, 5) is 11.8. The summed E-state index contributed by atoms with van der Waals surface area (Å²) in [6.07, 6.45) is 0. The van der Waals surface area contributed by atoms with Gasteiger partial charge in [0.25, 0.3) is 26.0 Å². The average molecular weight is 464 g/mol. The van der Waals surface area contributed by atoms with Gasteiger partial charge in [-0.25, -0.2) is 16.8 Å². The van der Waals surface area contributed by atoms with Crippen molar-refractivity contribution in [1.82, 2.24) is 4.53 Å². The average Bonchev–Trinajstić information content (AvgIpc) is 2.75. The summed E-state index contributed by atoms with van der Waals surface area (Å²) >= 11 is 0. The summed E-state index contributed by atoms with van der Waals surface area (Å²) < 4.78 is 66.0. The number of hydrogen-bond donors (Lipinski definition) is 2. The van der Waals surface area contributed by atoms with Gasteiger partial charge < -0.3 is 5.32 Å². The van der Waals surface area contributed by atoms with Crippen LogP contribution in [-0.4, -0.2) is 34.3 Å². The Labute approximate surface area is 179 Å². The quantitative estimate of drug-likeness (QED) is 0.523. The van der Waals surface area contributed by atoms with Gasteiger partial charge in [0.05, 0.1) is 16.3 Å². The lowest BCUT2D eigenvalue weighted by molar-refractivity contribution is 0.102. The van der Waals surface area contributed by atoms with Crippen molar-refractivity contribution < 1.29 is 26.1 Å². The molecule has 8 nitrogen and oxygen atoms in total. The van der Waals surface area contributed by atoms with Gasteiger partial charge in [-0.2, -0.15) is 0 Å². The van der Waals surface area contributed by atoms with E-state index in [-0.39, 0.29) is 16.1 Å². The third kappa shape index (κ3) is 4.90. The predicted molar refractivity (Wildman–Crippen MR) is 114 cm³/mol. The van der Waals surface area contributed by atoms with Gasteiger partial charge in [0.15, 0.2) is 0 Å². The van der Waals surface area contributed by atoms with Gasteiger partial charge in [-0.15, -0.1) is 4.48 Å². The molecule has 0 fully saturated rings. The number of carbonyl (C=O) groups is 1. The van der Waals surface area contributed by atoms with Crippen LogP contribution in [-0.2, 0) is 20.0 Å². The van der Waals surface area contributed by atoms with Crippen molar-refractivity contribution in [3.05, 3.63) is 84.4 Å². The van der Waals surface area contributed by atoms with Crippen LogP contribution < -0.4 is 10.0 Å². The lowest BCUT2D eigenvalue weighted by Gasteiger charge is -2.18. The van der Waals surface area contributed by atoms with Crippen molar-refractivity contribution in [1.29, 1.82) is 0 Å². The van der Waals surface area contributed by atoms with Crippen molar-refractivity contribution in [2.24, 2.45) is 0 Å². The highest BCUT2D eigenvalue weighted by Gasteiger charge is 2.29. The molecule has 0 aromatic heterocycles. The fourth-order valence-corrected chi connectivity index (χ4v) is 4.80. The summed E-state index contributed by atoms with van der Waals surface area (Å²) in [5.74, 6) is -0.607. The number of sulfonamides is 2. The molecule has 31 heavy (non-hydrogen) atoms. The molecule has 0 atom stereocenters. The van der Waals surface area contributed by atoms with Crippen LogP contribution >= 0.6 is 0 Å². The molecule has 0 bridgehead atoms. The summed E-state index contributed by atoms with van der Waals surface area (Å²) in [6, 6.07) is 18.8. The zero-order chi connectivity index (χ0) is 22.6. The van der Waals surface area contributed by atoms with E-state index in [1.54, 1.807) is 24.3 Å². The number of nitrogens with one attached hydrogen (secondary N) is 2. The fourth-order valence-electron chi connectivity index (χ4n) is 2.67. The highest BCUT2D eigenvalue weighted by atomic mass is 32.2. The van der Waals surface area contributed by atoms with Gasteiger partial charge in [-0.1, -0.05) is 42.5 Å². The molecule has 0 aliphatic rings. The predicted octanol–water partition coefficient (Wildman–Crippen LogP) is 3.24. The van der Waals surface area contributed by atoms with Crippen LogP contribution in [0.15, 0.2) is 88.7 Å². The normalized spacial score (nSPS) is 11.8. The van der Waals surface area contributed by atoms with E-state index in [1.807, 2.05) is 0 Å². The summed E-state index contributed by atoms with van der Waals surface area (Å²) in [5, 5.41) is 2.48. The highest BCUT2D eigenvalue weighted by molar-refractivity contribution is 7.93. The fraction of sp³-hybridized carbons (Fsp3) is 0.0500. The minimum atomic E-state index is -4.70. The number of nitrogens with zero attached hydrogens (tertiary/aromatic N) is 1. The van der Waals surface area contributed by atoms with Crippen LogP contribution in [0.2, 0.25) is 0 Å². The number of para-hydroxylation sites is 1. The maximum atomic E-state index is 13.7. The van der Waals surface area contributed by atoms with Gasteiger partial charge in [-0.05, 0) is 40.9 Å². The van der Waals surface area contributed by atoms with Gasteiger partial charge in [-0.3, -0.25) is 9.52 Å². The molecule has 0 heterocycles.